The first-order valence-electron chi connectivity index (χ1n) is 9.59. The van der Waals surface area contributed by atoms with Crippen molar-refractivity contribution in [1.29, 1.82) is 0 Å². The van der Waals surface area contributed by atoms with Crippen molar-refractivity contribution in [3.63, 3.8) is 0 Å². The van der Waals surface area contributed by atoms with Gasteiger partial charge in [0, 0.05) is 5.92 Å². The van der Waals surface area contributed by atoms with Crippen LogP contribution in [0.15, 0.2) is 0 Å². The second-order valence-electron chi connectivity index (χ2n) is 10.0. The van der Waals surface area contributed by atoms with Crippen LogP contribution in [-0.4, -0.2) is 60.5 Å². The molecule has 0 radical (unpaired) electrons. The number of ether oxygens (including phenoxy) is 5. The Morgan fingerprint density at radius 3 is 1.92 bits per heavy atom. The van der Waals surface area contributed by atoms with E-state index in [1.807, 2.05) is 0 Å². The fourth-order valence-corrected chi connectivity index (χ4v) is 3.52. The first kappa shape index (κ1) is 19.6. The van der Waals surface area contributed by atoms with Gasteiger partial charge in [0.15, 0.2) is 0 Å². The van der Waals surface area contributed by atoms with E-state index in [4.69, 9.17) is 23.7 Å². The topological polar surface area (TPSA) is 52.8 Å². The zero-order valence-corrected chi connectivity index (χ0v) is 17.2. The second kappa shape index (κ2) is 6.16. The smallest absolute Gasteiger partial charge is 0.110 e. The molecule has 0 aromatic rings. The standard InChI is InChI=1S/C20H36O5/c1-17(2,23-12-16-20(7,8)25-16)13-9-14(18(3,4)22-10-13)21-11-15-19(5,6)24-15/h13-16H,9-12H2,1-8H3. The number of rotatable bonds is 7. The van der Waals surface area contributed by atoms with E-state index >= 15 is 0 Å². The van der Waals surface area contributed by atoms with Crippen LogP contribution in [0.4, 0.5) is 0 Å². The maximum absolute atomic E-state index is 6.23. The maximum Gasteiger partial charge on any atom is 0.110 e. The van der Waals surface area contributed by atoms with E-state index in [-0.39, 0.29) is 40.7 Å². The highest BCUT2D eigenvalue weighted by Crippen LogP contribution is 2.41. The lowest BCUT2D eigenvalue weighted by molar-refractivity contribution is -0.207. The van der Waals surface area contributed by atoms with E-state index in [9.17, 15) is 0 Å². The van der Waals surface area contributed by atoms with Crippen molar-refractivity contribution >= 4 is 0 Å². The molecule has 5 heteroatoms. The summed E-state index contributed by atoms with van der Waals surface area (Å²) in [6.07, 6.45) is 1.38. The average Bonchev–Trinajstić information content (AvgIpc) is 3.29. The Hall–Kier alpha value is -0.200. The van der Waals surface area contributed by atoms with Gasteiger partial charge < -0.3 is 23.7 Å². The zero-order valence-electron chi connectivity index (χ0n) is 17.2. The molecule has 3 rings (SSSR count). The summed E-state index contributed by atoms with van der Waals surface area (Å²) < 4.78 is 29.9. The van der Waals surface area contributed by atoms with Crippen molar-refractivity contribution < 1.29 is 23.7 Å². The molecule has 3 aliphatic heterocycles. The van der Waals surface area contributed by atoms with E-state index in [0.717, 1.165) is 6.42 Å². The lowest BCUT2D eigenvalue weighted by Gasteiger charge is -2.46. The highest BCUT2D eigenvalue weighted by atomic mass is 16.6. The van der Waals surface area contributed by atoms with Gasteiger partial charge in [-0.2, -0.15) is 0 Å². The van der Waals surface area contributed by atoms with Crippen LogP contribution in [-0.2, 0) is 23.7 Å². The monoisotopic (exact) mass is 356 g/mol. The number of hydrogen-bond donors (Lipinski definition) is 0. The Kier molecular flexibility index (Phi) is 4.82. The first-order chi connectivity index (χ1) is 11.3. The van der Waals surface area contributed by atoms with Gasteiger partial charge >= 0.3 is 0 Å². The lowest BCUT2D eigenvalue weighted by atomic mass is 9.80. The van der Waals surface area contributed by atoms with Gasteiger partial charge in [-0.15, -0.1) is 0 Å². The molecule has 5 nitrogen and oxygen atoms in total. The quantitative estimate of drug-likeness (QED) is 0.655. The Morgan fingerprint density at radius 1 is 0.880 bits per heavy atom. The zero-order chi connectivity index (χ0) is 18.7. The molecule has 0 spiro atoms. The largest absolute Gasteiger partial charge is 0.372 e. The molecule has 3 fully saturated rings. The highest BCUT2D eigenvalue weighted by Gasteiger charge is 2.51. The van der Waals surface area contributed by atoms with Gasteiger partial charge in [0.2, 0.25) is 0 Å². The number of epoxide rings is 2. The normalized spacial score (nSPS) is 38.4. The van der Waals surface area contributed by atoms with E-state index < -0.39 is 0 Å². The second-order valence-corrected chi connectivity index (χ2v) is 10.0. The molecule has 0 aliphatic carbocycles. The van der Waals surface area contributed by atoms with Crippen LogP contribution < -0.4 is 0 Å². The summed E-state index contributed by atoms with van der Waals surface area (Å²) in [6, 6.07) is 0. The van der Waals surface area contributed by atoms with Crippen LogP contribution in [0, 0.1) is 5.92 Å². The Morgan fingerprint density at radius 2 is 1.40 bits per heavy atom. The summed E-state index contributed by atoms with van der Waals surface area (Å²) >= 11 is 0. The van der Waals surface area contributed by atoms with Gasteiger partial charge in [0.1, 0.15) is 12.2 Å². The minimum absolute atomic E-state index is 0.0378. The van der Waals surface area contributed by atoms with Gasteiger partial charge in [-0.25, -0.2) is 0 Å². The molecule has 3 aliphatic rings. The van der Waals surface area contributed by atoms with Crippen molar-refractivity contribution in [3.05, 3.63) is 0 Å². The molecule has 4 unspecified atom stereocenters. The van der Waals surface area contributed by atoms with E-state index in [0.29, 0.717) is 25.7 Å². The predicted octanol–water partition coefficient (Wildman–Crippen LogP) is 3.34. The first-order valence-corrected chi connectivity index (χ1v) is 9.59. The Bertz CT molecular complexity index is 496. The molecule has 0 aromatic carbocycles. The van der Waals surface area contributed by atoms with Crippen LogP contribution in [0.3, 0.4) is 0 Å². The third-order valence-corrected chi connectivity index (χ3v) is 6.30. The highest BCUT2D eigenvalue weighted by molar-refractivity contribution is 4.98. The van der Waals surface area contributed by atoms with Crippen LogP contribution in [0.25, 0.3) is 0 Å². The molecule has 0 bridgehead atoms. The Labute approximate surface area is 152 Å². The Balaban J connectivity index is 1.53. The SMILES string of the molecule is CC(C)(OCC1OC1(C)C)C1COC(C)(C)C(OCC2OC2(C)C)C1. The van der Waals surface area contributed by atoms with Crippen molar-refractivity contribution in [3.8, 4) is 0 Å². The molecule has 0 N–H and O–H groups in total. The van der Waals surface area contributed by atoms with Gasteiger partial charge in [-0.3, -0.25) is 0 Å². The van der Waals surface area contributed by atoms with E-state index in [1.54, 1.807) is 0 Å². The van der Waals surface area contributed by atoms with Crippen molar-refractivity contribution in [1.82, 2.24) is 0 Å². The van der Waals surface area contributed by atoms with Crippen molar-refractivity contribution in [2.75, 3.05) is 19.8 Å². The molecule has 25 heavy (non-hydrogen) atoms. The summed E-state index contributed by atoms with van der Waals surface area (Å²) in [5.41, 5.74) is -0.634. The number of hydrogen-bond acceptors (Lipinski definition) is 5. The summed E-state index contributed by atoms with van der Waals surface area (Å²) in [5.74, 6) is 0.292. The minimum Gasteiger partial charge on any atom is -0.372 e. The summed E-state index contributed by atoms with van der Waals surface area (Å²) in [5, 5.41) is 0. The molecule has 0 amide bonds. The van der Waals surface area contributed by atoms with Crippen molar-refractivity contribution in [2.45, 2.75) is 103 Å². The fourth-order valence-electron chi connectivity index (χ4n) is 3.52. The van der Waals surface area contributed by atoms with Gasteiger partial charge in [-0.1, -0.05) is 0 Å². The maximum atomic E-state index is 6.23. The minimum atomic E-state index is -0.285. The molecule has 3 saturated heterocycles. The van der Waals surface area contributed by atoms with E-state index in [2.05, 4.69) is 55.4 Å². The fraction of sp³-hybridized carbons (Fsp3) is 1.00. The molecular weight excluding hydrogens is 320 g/mol. The van der Waals surface area contributed by atoms with Gasteiger partial charge in [0.05, 0.1) is 48.3 Å². The molecule has 0 saturated carbocycles. The molecular formula is C20H36O5. The predicted molar refractivity (Wildman–Crippen MR) is 95.8 cm³/mol. The lowest BCUT2D eigenvalue weighted by Crippen LogP contribution is -2.53. The van der Waals surface area contributed by atoms with Crippen LogP contribution >= 0.6 is 0 Å². The molecule has 0 aromatic heterocycles. The van der Waals surface area contributed by atoms with E-state index in [1.165, 1.54) is 0 Å². The molecule has 146 valence electrons. The third-order valence-electron chi connectivity index (χ3n) is 6.30. The summed E-state index contributed by atoms with van der Waals surface area (Å²) in [7, 11) is 0. The summed E-state index contributed by atoms with van der Waals surface area (Å²) in [4.78, 5) is 0. The molecule has 3 heterocycles. The van der Waals surface area contributed by atoms with Gasteiger partial charge in [0.25, 0.3) is 0 Å². The van der Waals surface area contributed by atoms with Crippen LogP contribution in [0.1, 0.15) is 61.8 Å². The van der Waals surface area contributed by atoms with Gasteiger partial charge in [-0.05, 0) is 61.8 Å². The summed E-state index contributed by atoms with van der Waals surface area (Å²) in [6.45, 7) is 18.9. The molecule has 4 atom stereocenters. The van der Waals surface area contributed by atoms with Crippen LogP contribution in [0.2, 0.25) is 0 Å². The van der Waals surface area contributed by atoms with Crippen molar-refractivity contribution in [2.24, 2.45) is 5.92 Å². The van der Waals surface area contributed by atoms with Crippen LogP contribution in [0.5, 0.6) is 0 Å². The average molecular weight is 357 g/mol. The third kappa shape index (κ3) is 4.38.